The first-order valence-corrected chi connectivity index (χ1v) is 10.9. The highest BCUT2D eigenvalue weighted by molar-refractivity contribution is 6.54. The Bertz CT molecular complexity index is 1100. The van der Waals surface area contributed by atoms with Crippen LogP contribution >= 0.6 is 23.2 Å². The topological polar surface area (TPSA) is 44.8 Å². The van der Waals surface area contributed by atoms with Gasteiger partial charge in [-0.15, -0.1) is 0 Å². The van der Waals surface area contributed by atoms with Crippen molar-refractivity contribution in [3.8, 4) is 17.2 Å². The summed E-state index contributed by atoms with van der Waals surface area (Å²) in [5, 5.41) is 0. The molecule has 1 unspecified atom stereocenters. The van der Waals surface area contributed by atoms with Crippen molar-refractivity contribution in [2.45, 2.75) is 29.7 Å². The number of alkyl halides is 2. The number of ether oxygens (including phenoxy) is 3. The lowest BCUT2D eigenvalue weighted by Gasteiger charge is -2.18. The minimum Gasteiger partial charge on any atom is -0.494 e. The highest BCUT2D eigenvalue weighted by Gasteiger charge is 2.73. The predicted molar refractivity (Wildman–Crippen MR) is 121 cm³/mol. The number of hydrogen-bond acceptors (Lipinski definition) is 4. The van der Waals surface area contributed by atoms with Crippen molar-refractivity contribution >= 4 is 29.2 Å². The second-order valence-electron chi connectivity index (χ2n) is 7.50. The summed E-state index contributed by atoms with van der Waals surface area (Å²) < 4.78 is 29.5. The molecular formula is C25H21Cl2FO4. The highest BCUT2D eigenvalue weighted by Crippen LogP contribution is 2.65. The molecule has 4 rings (SSSR count). The maximum absolute atomic E-state index is 14.2. The van der Waals surface area contributed by atoms with E-state index in [0.29, 0.717) is 29.2 Å². The Morgan fingerprint density at radius 2 is 1.69 bits per heavy atom. The Balaban J connectivity index is 1.48. The fourth-order valence-corrected chi connectivity index (χ4v) is 4.32. The second-order valence-corrected chi connectivity index (χ2v) is 8.98. The number of carbonyl (C=O) groups excluding carboxylic acids is 1. The molecule has 0 amide bonds. The van der Waals surface area contributed by atoms with E-state index in [4.69, 9.17) is 37.4 Å². The van der Waals surface area contributed by atoms with Crippen molar-refractivity contribution in [3.63, 3.8) is 0 Å². The van der Waals surface area contributed by atoms with E-state index < -0.39 is 21.5 Å². The number of carbonyl (C=O) groups is 1. The zero-order valence-corrected chi connectivity index (χ0v) is 18.8. The van der Waals surface area contributed by atoms with Gasteiger partial charge in [-0.2, -0.15) is 0 Å². The molecule has 3 aromatic carbocycles. The fraction of sp³-hybridized carbons (Fsp3) is 0.240. The van der Waals surface area contributed by atoms with Crippen LogP contribution < -0.4 is 9.47 Å². The van der Waals surface area contributed by atoms with Crippen LogP contribution in [0.5, 0.6) is 17.2 Å². The number of hydrogen-bond donors (Lipinski definition) is 0. The van der Waals surface area contributed by atoms with Crippen LogP contribution in [0.25, 0.3) is 0 Å². The Morgan fingerprint density at radius 1 is 1.00 bits per heavy atom. The maximum Gasteiger partial charge on any atom is 0.320 e. The minimum absolute atomic E-state index is 0.0430. The lowest BCUT2D eigenvalue weighted by atomic mass is 9.96. The van der Waals surface area contributed by atoms with E-state index in [-0.39, 0.29) is 18.8 Å². The summed E-state index contributed by atoms with van der Waals surface area (Å²) in [6.45, 7) is 2.35. The first-order chi connectivity index (χ1) is 15.4. The van der Waals surface area contributed by atoms with Crippen molar-refractivity contribution in [3.05, 3.63) is 89.7 Å². The van der Waals surface area contributed by atoms with Crippen molar-refractivity contribution in [2.24, 2.45) is 0 Å². The number of halogens is 3. The molecule has 1 saturated carbocycles. The third-order valence-electron chi connectivity index (χ3n) is 5.33. The Hall–Kier alpha value is -2.76. The summed E-state index contributed by atoms with van der Waals surface area (Å²) in [7, 11) is 0. The van der Waals surface area contributed by atoms with Crippen LogP contribution in [0.4, 0.5) is 4.39 Å². The first kappa shape index (κ1) is 22.4. The molecule has 1 fully saturated rings. The van der Waals surface area contributed by atoms with Gasteiger partial charge >= 0.3 is 5.97 Å². The summed E-state index contributed by atoms with van der Waals surface area (Å²) in [5.74, 6) is 0.176. The summed E-state index contributed by atoms with van der Waals surface area (Å²) in [6, 6.07) is 20.2. The lowest BCUT2D eigenvalue weighted by molar-refractivity contribution is -0.148. The van der Waals surface area contributed by atoms with E-state index in [2.05, 4.69) is 0 Å². The van der Waals surface area contributed by atoms with Gasteiger partial charge in [0.25, 0.3) is 0 Å². The third kappa shape index (κ3) is 4.41. The molecule has 0 radical (unpaired) electrons. The first-order valence-electron chi connectivity index (χ1n) is 10.2. The zero-order chi connectivity index (χ0) is 22.8. The minimum atomic E-state index is -1.26. The van der Waals surface area contributed by atoms with Crippen molar-refractivity contribution in [1.29, 1.82) is 0 Å². The van der Waals surface area contributed by atoms with Crippen LogP contribution in [0.1, 0.15) is 24.5 Å². The number of para-hydroxylation sites is 1. The summed E-state index contributed by atoms with van der Waals surface area (Å²) in [4.78, 5) is 13.0. The maximum atomic E-state index is 14.2. The molecule has 0 aliphatic heterocycles. The number of benzene rings is 3. The fourth-order valence-electron chi connectivity index (χ4n) is 3.55. The molecule has 1 aliphatic rings. The zero-order valence-electron chi connectivity index (χ0n) is 17.3. The number of esters is 1. The lowest BCUT2D eigenvalue weighted by Crippen LogP contribution is -2.28. The van der Waals surface area contributed by atoms with E-state index in [1.807, 2.05) is 13.0 Å². The van der Waals surface area contributed by atoms with Crippen LogP contribution in [0.3, 0.4) is 0 Å². The van der Waals surface area contributed by atoms with Crippen LogP contribution in [-0.4, -0.2) is 16.9 Å². The van der Waals surface area contributed by atoms with Crippen LogP contribution in [0.15, 0.2) is 72.8 Å². The standard InChI is InChI=1S/C25H21Cl2FO4/c1-2-30-19-11-9-18(10-12-19)24(16-25(24,26)27)23(29)31-15-17-8-13-21(28)22(14-17)32-20-6-4-3-5-7-20/h3-14H,2,15-16H2,1H3. The Morgan fingerprint density at radius 3 is 2.31 bits per heavy atom. The molecule has 0 bridgehead atoms. The smallest absolute Gasteiger partial charge is 0.320 e. The van der Waals surface area contributed by atoms with Gasteiger partial charge in [0.2, 0.25) is 0 Å². The molecule has 1 aliphatic carbocycles. The highest BCUT2D eigenvalue weighted by atomic mass is 35.5. The van der Waals surface area contributed by atoms with Gasteiger partial charge < -0.3 is 14.2 Å². The molecule has 3 aromatic rings. The van der Waals surface area contributed by atoms with Gasteiger partial charge in [-0.25, -0.2) is 4.39 Å². The normalized spacial score (nSPS) is 18.6. The summed E-state index contributed by atoms with van der Waals surface area (Å²) in [5.41, 5.74) is 0.0654. The van der Waals surface area contributed by atoms with E-state index in [1.165, 1.54) is 18.2 Å². The average molecular weight is 475 g/mol. The van der Waals surface area contributed by atoms with E-state index in [9.17, 15) is 9.18 Å². The molecule has 0 spiro atoms. The second kappa shape index (κ2) is 9.00. The van der Waals surface area contributed by atoms with Gasteiger partial charge in [0, 0.05) is 6.42 Å². The quantitative estimate of drug-likeness (QED) is 0.273. The number of rotatable bonds is 8. The SMILES string of the molecule is CCOc1ccc(C2(C(=O)OCc3ccc(F)c(Oc4ccccc4)c3)CC2(Cl)Cl)cc1. The molecule has 0 N–H and O–H groups in total. The largest absolute Gasteiger partial charge is 0.494 e. The average Bonchev–Trinajstić information content (AvgIpc) is 3.39. The molecule has 0 aromatic heterocycles. The van der Waals surface area contributed by atoms with Gasteiger partial charge in [0.05, 0.1) is 6.61 Å². The monoisotopic (exact) mass is 474 g/mol. The molecule has 32 heavy (non-hydrogen) atoms. The van der Waals surface area contributed by atoms with Crippen LogP contribution in [0.2, 0.25) is 0 Å². The summed E-state index contributed by atoms with van der Waals surface area (Å²) >= 11 is 12.8. The van der Waals surface area contributed by atoms with Gasteiger partial charge in [0.1, 0.15) is 27.9 Å². The Labute approximate surface area is 195 Å². The van der Waals surface area contributed by atoms with E-state index >= 15 is 0 Å². The van der Waals surface area contributed by atoms with Crippen LogP contribution in [0, 0.1) is 5.82 Å². The van der Waals surface area contributed by atoms with Crippen molar-refractivity contribution in [2.75, 3.05) is 6.61 Å². The third-order valence-corrected chi connectivity index (χ3v) is 6.24. The van der Waals surface area contributed by atoms with Crippen molar-refractivity contribution in [1.82, 2.24) is 0 Å². The van der Waals surface area contributed by atoms with Gasteiger partial charge in [-0.3, -0.25) is 4.79 Å². The van der Waals surface area contributed by atoms with Gasteiger partial charge in [0.15, 0.2) is 11.6 Å². The molecule has 0 heterocycles. The molecule has 7 heteroatoms. The van der Waals surface area contributed by atoms with Crippen LogP contribution in [-0.2, 0) is 21.6 Å². The molecule has 1 atom stereocenters. The van der Waals surface area contributed by atoms with Crippen molar-refractivity contribution < 1.29 is 23.4 Å². The molecule has 4 nitrogen and oxygen atoms in total. The molecular weight excluding hydrogens is 454 g/mol. The van der Waals surface area contributed by atoms with Gasteiger partial charge in [-0.1, -0.05) is 59.6 Å². The molecule has 0 saturated heterocycles. The van der Waals surface area contributed by atoms with Gasteiger partial charge in [-0.05, 0) is 54.4 Å². The summed E-state index contributed by atoms with van der Waals surface area (Å²) in [6.07, 6.45) is 0.238. The predicted octanol–water partition coefficient (Wildman–Crippen LogP) is 6.58. The van der Waals surface area contributed by atoms with E-state index in [0.717, 1.165) is 0 Å². The molecule has 166 valence electrons. The van der Waals surface area contributed by atoms with E-state index in [1.54, 1.807) is 48.5 Å². The Kier molecular flexibility index (Phi) is 6.31.